The first-order valence-electron chi connectivity index (χ1n) is 8.11. The van der Waals surface area contributed by atoms with Crippen molar-refractivity contribution in [2.75, 3.05) is 19.7 Å². The van der Waals surface area contributed by atoms with Crippen molar-refractivity contribution in [1.82, 2.24) is 5.32 Å². The molecule has 3 nitrogen and oxygen atoms in total. The second-order valence-electron chi connectivity index (χ2n) is 6.57. The van der Waals surface area contributed by atoms with Gasteiger partial charge in [0, 0.05) is 6.54 Å². The lowest BCUT2D eigenvalue weighted by Gasteiger charge is -2.16. The average Bonchev–Trinajstić information content (AvgIpc) is 2.88. The lowest BCUT2D eigenvalue weighted by molar-refractivity contribution is 0.0184. The molecule has 0 saturated carbocycles. The zero-order valence-corrected chi connectivity index (χ0v) is 13.8. The number of hydrogen-bond donors (Lipinski definition) is 1. The van der Waals surface area contributed by atoms with E-state index in [1.165, 1.54) is 11.1 Å². The van der Waals surface area contributed by atoms with Gasteiger partial charge in [-0.3, -0.25) is 0 Å². The molecule has 1 saturated heterocycles. The van der Waals surface area contributed by atoms with E-state index in [-0.39, 0.29) is 6.10 Å². The highest BCUT2D eigenvalue weighted by molar-refractivity contribution is 5.33. The van der Waals surface area contributed by atoms with E-state index in [1.807, 2.05) is 6.07 Å². The van der Waals surface area contributed by atoms with Crippen LogP contribution < -0.4 is 10.1 Å². The lowest BCUT2D eigenvalue weighted by atomic mass is 10.1. The number of aryl methyl sites for hydroxylation is 2. The van der Waals surface area contributed by atoms with E-state index in [0.717, 1.165) is 31.7 Å². The van der Waals surface area contributed by atoms with Gasteiger partial charge < -0.3 is 14.8 Å². The van der Waals surface area contributed by atoms with Gasteiger partial charge in [-0.2, -0.15) is 0 Å². The van der Waals surface area contributed by atoms with Gasteiger partial charge in [0.05, 0.1) is 12.2 Å². The van der Waals surface area contributed by atoms with Crippen molar-refractivity contribution < 1.29 is 9.47 Å². The van der Waals surface area contributed by atoms with Crippen LogP contribution in [0.25, 0.3) is 0 Å². The first kappa shape index (κ1) is 16.3. The maximum atomic E-state index is 6.03. The van der Waals surface area contributed by atoms with Gasteiger partial charge in [-0.05, 0) is 62.4 Å². The normalized spacial score (nSPS) is 22.0. The van der Waals surface area contributed by atoms with Crippen molar-refractivity contribution in [3.63, 3.8) is 0 Å². The number of rotatable bonds is 7. The van der Waals surface area contributed by atoms with E-state index in [2.05, 4.69) is 45.1 Å². The van der Waals surface area contributed by atoms with E-state index in [4.69, 9.17) is 9.47 Å². The first-order chi connectivity index (χ1) is 10.0. The molecule has 2 unspecified atom stereocenters. The predicted octanol–water partition coefficient (Wildman–Crippen LogP) is 3.48. The van der Waals surface area contributed by atoms with E-state index in [0.29, 0.717) is 18.6 Å². The average molecular weight is 291 g/mol. The molecule has 1 aromatic carbocycles. The monoisotopic (exact) mass is 291 g/mol. The third-order valence-corrected chi connectivity index (χ3v) is 4.03. The summed E-state index contributed by atoms with van der Waals surface area (Å²) in [6.45, 7) is 11.4. The molecule has 1 aliphatic heterocycles. The standard InChI is InChI=1S/C18H29NO2/c1-13(2)10-19-11-17-7-8-18(21-17)12-20-16-6-5-14(3)15(4)9-16/h5-6,9,13,17-19H,7-8,10-12H2,1-4H3. The minimum absolute atomic E-state index is 0.234. The van der Waals surface area contributed by atoms with E-state index in [9.17, 15) is 0 Å². The van der Waals surface area contributed by atoms with Crippen LogP contribution in [0.4, 0.5) is 0 Å². The van der Waals surface area contributed by atoms with Crippen molar-refractivity contribution in [3.05, 3.63) is 29.3 Å². The van der Waals surface area contributed by atoms with Crippen LogP contribution in [0.15, 0.2) is 18.2 Å². The Labute approximate surface area is 129 Å². The predicted molar refractivity (Wildman–Crippen MR) is 87.0 cm³/mol. The molecule has 1 aromatic rings. The van der Waals surface area contributed by atoms with Crippen LogP contribution in [-0.2, 0) is 4.74 Å². The fraction of sp³-hybridized carbons (Fsp3) is 0.667. The Morgan fingerprint density at radius 1 is 1.19 bits per heavy atom. The number of nitrogens with one attached hydrogen (secondary N) is 1. The molecule has 0 aliphatic carbocycles. The molecule has 1 aliphatic rings. The molecule has 21 heavy (non-hydrogen) atoms. The Balaban J connectivity index is 1.69. The quantitative estimate of drug-likeness (QED) is 0.834. The summed E-state index contributed by atoms with van der Waals surface area (Å²) in [6, 6.07) is 6.25. The highest BCUT2D eigenvalue weighted by Crippen LogP contribution is 2.22. The van der Waals surface area contributed by atoms with Gasteiger partial charge in [0.2, 0.25) is 0 Å². The van der Waals surface area contributed by atoms with Crippen molar-refractivity contribution in [2.24, 2.45) is 5.92 Å². The van der Waals surface area contributed by atoms with Crippen LogP contribution in [-0.4, -0.2) is 31.9 Å². The van der Waals surface area contributed by atoms with Crippen molar-refractivity contribution in [3.8, 4) is 5.75 Å². The molecule has 0 bridgehead atoms. The molecule has 2 atom stereocenters. The third-order valence-electron chi connectivity index (χ3n) is 4.03. The number of ether oxygens (including phenoxy) is 2. The van der Waals surface area contributed by atoms with Crippen molar-refractivity contribution in [2.45, 2.75) is 52.7 Å². The Morgan fingerprint density at radius 3 is 2.67 bits per heavy atom. The third kappa shape index (κ3) is 5.33. The highest BCUT2D eigenvalue weighted by Gasteiger charge is 2.25. The Kier molecular flexibility index (Phi) is 6.07. The molecule has 118 valence electrons. The summed E-state index contributed by atoms with van der Waals surface area (Å²) in [5.41, 5.74) is 2.58. The molecule has 3 heteroatoms. The summed E-state index contributed by atoms with van der Waals surface area (Å²) in [5, 5.41) is 3.47. The van der Waals surface area contributed by atoms with Crippen molar-refractivity contribution in [1.29, 1.82) is 0 Å². The molecule has 0 aromatic heterocycles. The maximum Gasteiger partial charge on any atom is 0.119 e. The maximum absolute atomic E-state index is 6.03. The minimum Gasteiger partial charge on any atom is -0.491 e. The highest BCUT2D eigenvalue weighted by atomic mass is 16.5. The van der Waals surface area contributed by atoms with E-state index in [1.54, 1.807) is 0 Å². The van der Waals surface area contributed by atoms with Gasteiger partial charge in [0.1, 0.15) is 12.4 Å². The topological polar surface area (TPSA) is 30.5 Å². The summed E-state index contributed by atoms with van der Waals surface area (Å²) in [6.07, 6.45) is 2.81. The van der Waals surface area contributed by atoms with Crippen LogP contribution in [0.3, 0.4) is 0 Å². The van der Waals surface area contributed by atoms with Gasteiger partial charge in [-0.1, -0.05) is 19.9 Å². The van der Waals surface area contributed by atoms with E-state index < -0.39 is 0 Å². The van der Waals surface area contributed by atoms with Crippen LogP contribution in [0, 0.1) is 19.8 Å². The Bertz CT molecular complexity index is 445. The smallest absolute Gasteiger partial charge is 0.119 e. The molecule has 1 N–H and O–H groups in total. The fourth-order valence-corrected chi connectivity index (χ4v) is 2.58. The molecule has 0 spiro atoms. The molecule has 2 rings (SSSR count). The zero-order chi connectivity index (χ0) is 15.2. The van der Waals surface area contributed by atoms with E-state index >= 15 is 0 Å². The summed E-state index contributed by atoms with van der Waals surface area (Å²) >= 11 is 0. The second kappa shape index (κ2) is 7.81. The number of benzene rings is 1. The zero-order valence-electron chi connectivity index (χ0n) is 13.8. The van der Waals surface area contributed by atoms with Gasteiger partial charge in [-0.15, -0.1) is 0 Å². The minimum atomic E-state index is 0.234. The molecule has 1 fully saturated rings. The Morgan fingerprint density at radius 2 is 1.95 bits per heavy atom. The SMILES string of the molecule is Cc1ccc(OCC2CCC(CNCC(C)C)O2)cc1C. The Hall–Kier alpha value is -1.06. The van der Waals surface area contributed by atoms with Gasteiger partial charge in [0.25, 0.3) is 0 Å². The first-order valence-corrected chi connectivity index (χ1v) is 8.11. The largest absolute Gasteiger partial charge is 0.491 e. The summed E-state index contributed by atoms with van der Waals surface area (Å²) < 4.78 is 11.9. The molecule has 0 amide bonds. The fourth-order valence-electron chi connectivity index (χ4n) is 2.58. The number of hydrogen-bond acceptors (Lipinski definition) is 3. The van der Waals surface area contributed by atoms with Gasteiger partial charge in [-0.25, -0.2) is 0 Å². The van der Waals surface area contributed by atoms with Crippen LogP contribution in [0.2, 0.25) is 0 Å². The molecular formula is C18H29NO2. The lowest BCUT2D eigenvalue weighted by Crippen LogP contribution is -2.30. The van der Waals surface area contributed by atoms with Crippen molar-refractivity contribution >= 4 is 0 Å². The summed E-state index contributed by atoms with van der Waals surface area (Å²) in [5.74, 6) is 1.64. The van der Waals surface area contributed by atoms with Crippen LogP contribution in [0.1, 0.15) is 37.8 Å². The van der Waals surface area contributed by atoms with Crippen LogP contribution in [0.5, 0.6) is 5.75 Å². The molecular weight excluding hydrogens is 262 g/mol. The van der Waals surface area contributed by atoms with Crippen LogP contribution >= 0.6 is 0 Å². The van der Waals surface area contributed by atoms with Gasteiger partial charge >= 0.3 is 0 Å². The molecule has 1 heterocycles. The second-order valence-corrected chi connectivity index (χ2v) is 6.57. The molecule has 0 radical (unpaired) electrons. The summed E-state index contributed by atoms with van der Waals surface area (Å²) in [4.78, 5) is 0. The summed E-state index contributed by atoms with van der Waals surface area (Å²) in [7, 11) is 0. The van der Waals surface area contributed by atoms with Gasteiger partial charge in [0.15, 0.2) is 0 Å².